The lowest BCUT2D eigenvalue weighted by atomic mass is 9.90. The van der Waals surface area contributed by atoms with Crippen molar-refractivity contribution in [3.8, 4) is 11.8 Å². The van der Waals surface area contributed by atoms with Gasteiger partial charge in [0, 0.05) is 6.54 Å². The van der Waals surface area contributed by atoms with Gasteiger partial charge in [-0.15, -0.1) is 0 Å². The number of alkyl halides is 2. The Morgan fingerprint density at radius 3 is 2.68 bits per heavy atom. The largest absolute Gasteiger partial charge is 0.433 e. The SMILES string of the molecule is CC(C)(C#N)CCCNc1ccccc1OC(F)F. The van der Waals surface area contributed by atoms with Crippen LogP contribution in [0.25, 0.3) is 0 Å². The first-order chi connectivity index (χ1) is 8.94. The summed E-state index contributed by atoms with van der Waals surface area (Å²) in [5.74, 6) is 0.136. The van der Waals surface area contributed by atoms with Gasteiger partial charge in [-0.1, -0.05) is 12.1 Å². The van der Waals surface area contributed by atoms with E-state index in [0.29, 0.717) is 12.2 Å². The van der Waals surface area contributed by atoms with Crippen molar-refractivity contribution in [1.82, 2.24) is 0 Å². The lowest BCUT2D eigenvalue weighted by Crippen LogP contribution is -2.12. The molecule has 1 N–H and O–H groups in total. The van der Waals surface area contributed by atoms with Gasteiger partial charge in [0.25, 0.3) is 0 Å². The molecule has 0 heterocycles. The number of para-hydroxylation sites is 2. The smallest absolute Gasteiger partial charge is 0.387 e. The van der Waals surface area contributed by atoms with E-state index in [-0.39, 0.29) is 11.2 Å². The van der Waals surface area contributed by atoms with Gasteiger partial charge in [-0.25, -0.2) is 0 Å². The van der Waals surface area contributed by atoms with Crippen LogP contribution in [-0.2, 0) is 0 Å². The van der Waals surface area contributed by atoms with Crippen LogP contribution in [0.15, 0.2) is 24.3 Å². The second kappa shape index (κ2) is 6.93. The van der Waals surface area contributed by atoms with E-state index in [1.54, 1.807) is 18.2 Å². The Balaban J connectivity index is 2.48. The molecule has 5 heteroatoms. The Labute approximate surface area is 112 Å². The molecule has 1 rings (SSSR count). The summed E-state index contributed by atoms with van der Waals surface area (Å²) >= 11 is 0. The van der Waals surface area contributed by atoms with E-state index in [2.05, 4.69) is 16.1 Å². The summed E-state index contributed by atoms with van der Waals surface area (Å²) in [6.45, 7) is 1.52. The lowest BCUT2D eigenvalue weighted by Gasteiger charge is -2.16. The van der Waals surface area contributed by atoms with Gasteiger partial charge in [0.2, 0.25) is 0 Å². The van der Waals surface area contributed by atoms with Crippen molar-refractivity contribution in [1.29, 1.82) is 5.26 Å². The molecule has 0 amide bonds. The molecular weight excluding hydrogens is 250 g/mol. The second-order valence-corrected chi connectivity index (χ2v) is 4.90. The lowest BCUT2D eigenvalue weighted by molar-refractivity contribution is -0.0493. The summed E-state index contributed by atoms with van der Waals surface area (Å²) < 4.78 is 28.8. The predicted molar refractivity (Wildman–Crippen MR) is 70.2 cm³/mol. The van der Waals surface area contributed by atoms with E-state index in [4.69, 9.17) is 5.26 Å². The third kappa shape index (κ3) is 5.56. The van der Waals surface area contributed by atoms with Crippen molar-refractivity contribution in [2.45, 2.75) is 33.3 Å². The molecule has 0 atom stereocenters. The molecule has 0 aliphatic carbocycles. The fraction of sp³-hybridized carbons (Fsp3) is 0.500. The number of ether oxygens (including phenoxy) is 1. The molecule has 0 aliphatic rings. The average molecular weight is 268 g/mol. The van der Waals surface area contributed by atoms with Crippen LogP contribution in [0.2, 0.25) is 0 Å². The van der Waals surface area contributed by atoms with Crippen LogP contribution in [0.4, 0.5) is 14.5 Å². The summed E-state index contributed by atoms with van der Waals surface area (Å²) in [4.78, 5) is 0. The van der Waals surface area contributed by atoms with E-state index >= 15 is 0 Å². The molecule has 0 spiro atoms. The molecule has 0 unspecified atom stereocenters. The molecular formula is C14H18F2N2O. The molecule has 1 aromatic rings. The fourth-order valence-corrected chi connectivity index (χ4v) is 1.62. The number of nitrogens with one attached hydrogen (secondary N) is 1. The number of hydrogen-bond acceptors (Lipinski definition) is 3. The highest BCUT2D eigenvalue weighted by Crippen LogP contribution is 2.26. The van der Waals surface area contributed by atoms with E-state index in [0.717, 1.165) is 12.8 Å². The first-order valence-electron chi connectivity index (χ1n) is 6.13. The summed E-state index contributed by atoms with van der Waals surface area (Å²) in [6.07, 6.45) is 1.53. The highest BCUT2D eigenvalue weighted by molar-refractivity contribution is 5.56. The van der Waals surface area contributed by atoms with Crippen molar-refractivity contribution in [2.75, 3.05) is 11.9 Å². The summed E-state index contributed by atoms with van der Waals surface area (Å²) in [5.41, 5.74) is 0.179. The van der Waals surface area contributed by atoms with Crippen LogP contribution in [0.3, 0.4) is 0 Å². The van der Waals surface area contributed by atoms with E-state index in [9.17, 15) is 8.78 Å². The Hall–Kier alpha value is -1.83. The molecule has 0 radical (unpaired) electrons. The predicted octanol–water partition coefficient (Wildman–Crippen LogP) is 4.03. The van der Waals surface area contributed by atoms with Gasteiger partial charge in [-0.2, -0.15) is 14.0 Å². The van der Waals surface area contributed by atoms with E-state index < -0.39 is 6.61 Å². The minimum atomic E-state index is -2.83. The Bertz CT molecular complexity index is 441. The van der Waals surface area contributed by atoms with E-state index in [1.807, 2.05) is 13.8 Å². The Morgan fingerprint density at radius 1 is 1.37 bits per heavy atom. The van der Waals surface area contributed by atoms with Gasteiger partial charge in [0.1, 0.15) is 5.75 Å². The minimum Gasteiger partial charge on any atom is -0.433 e. The molecule has 0 aliphatic heterocycles. The van der Waals surface area contributed by atoms with Gasteiger partial charge < -0.3 is 10.1 Å². The number of benzene rings is 1. The molecule has 0 fully saturated rings. The first kappa shape index (κ1) is 15.2. The number of hydrogen-bond donors (Lipinski definition) is 1. The topological polar surface area (TPSA) is 45.0 Å². The van der Waals surface area contributed by atoms with Gasteiger partial charge >= 0.3 is 6.61 Å². The zero-order chi connectivity index (χ0) is 14.3. The third-order valence-corrected chi connectivity index (χ3v) is 2.70. The summed E-state index contributed by atoms with van der Waals surface area (Å²) in [5, 5.41) is 11.9. The highest BCUT2D eigenvalue weighted by Gasteiger charge is 2.15. The molecule has 1 aromatic carbocycles. The van der Waals surface area contributed by atoms with Crippen LogP contribution in [0, 0.1) is 16.7 Å². The van der Waals surface area contributed by atoms with Crippen molar-refractivity contribution in [3.63, 3.8) is 0 Å². The number of anilines is 1. The monoisotopic (exact) mass is 268 g/mol. The van der Waals surface area contributed by atoms with Crippen molar-refractivity contribution in [2.24, 2.45) is 5.41 Å². The molecule has 104 valence electrons. The molecule has 3 nitrogen and oxygen atoms in total. The molecule has 19 heavy (non-hydrogen) atoms. The van der Waals surface area contributed by atoms with Crippen LogP contribution in [0.5, 0.6) is 5.75 Å². The minimum absolute atomic E-state index is 0.136. The third-order valence-electron chi connectivity index (χ3n) is 2.70. The van der Waals surface area contributed by atoms with Gasteiger partial charge in [-0.3, -0.25) is 0 Å². The van der Waals surface area contributed by atoms with Crippen LogP contribution in [0.1, 0.15) is 26.7 Å². The van der Waals surface area contributed by atoms with Crippen molar-refractivity contribution >= 4 is 5.69 Å². The molecule has 0 aromatic heterocycles. The summed E-state index contributed by atoms with van der Waals surface area (Å²) in [7, 11) is 0. The zero-order valence-electron chi connectivity index (χ0n) is 11.1. The first-order valence-corrected chi connectivity index (χ1v) is 6.13. The van der Waals surface area contributed by atoms with Crippen molar-refractivity contribution in [3.05, 3.63) is 24.3 Å². The highest BCUT2D eigenvalue weighted by atomic mass is 19.3. The molecule has 0 saturated heterocycles. The van der Waals surface area contributed by atoms with Crippen LogP contribution in [-0.4, -0.2) is 13.2 Å². The Kier molecular flexibility index (Phi) is 5.56. The molecule has 0 bridgehead atoms. The molecule has 0 saturated carbocycles. The van der Waals surface area contributed by atoms with Crippen molar-refractivity contribution < 1.29 is 13.5 Å². The normalized spacial score (nSPS) is 11.2. The zero-order valence-corrected chi connectivity index (χ0v) is 11.1. The van der Waals surface area contributed by atoms with Gasteiger partial charge in [-0.05, 0) is 38.8 Å². The number of rotatable bonds is 7. The quantitative estimate of drug-likeness (QED) is 0.759. The number of nitrogens with zero attached hydrogens (tertiary/aromatic N) is 1. The standard InChI is InChI=1S/C14H18F2N2O/c1-14(2,10-17)8-5-9-18-11-6-3-4-7-12(11)19-13(15)16/h3-4,6-7,13,18H,5,8-9H2,1-2H3. The van der Waals surface area contributed by atoms with Crippen LogP contribution < -0.4 is 10.1 Å². The van der Waals surface area contributed by atoms with Crippen LogP contribution >= 0.6 is 0 Å². The number of halogens is 2. The maximum atomic E-state index is 12.2. The van der Waals surface area contributed by atoms with Gasteiger partial charge in [0.15, 0.2) is 0 Å². The summed E-state index contributed by atoms with van der Waals surface area (Å²) in [6, 6.07) is 8.80. The van der Waals surface area contributed by atoms with Gasteiger partial charge in [0.05, 0.1) is 17.2 Å². The average Bonchev–Trinajstić information content (AvgIpc) is 2.36. The maximum Gasteiger partial charge on any atom is 0.387 e. The maximum absolute atomic E-state index is 12.2. The second-order valence-electron chi connectivity index (χ2n) is 4.90. The fourth-order valence-electron chi connectivity index (χ4n) is 1.62. The number of nitriles is 1. The Morgan fingerprint density at radius 2 is 2.05 bits per heavy atom. The van der Waals surface area contributed by atoms with E-state index in [1.165, 1.54) is 6.07 Å².